The fraction of sp³-hybridized carbons (Fsp3) is 0.200. The third kappa shape index (κ3) is 2.21. The van der Waals surface area contributed by atoms with E-state index in [0.717, 1.165) is 11.1 Å². The predicted octanol–water partition coefficient (Wildman–Crippen LogP) is 4.44. The molecule has 2 aromatic carbocycles. The van der Waals surface area contributed by atoms with Crippen molar-refractivity contribution in [1.82, 2.24) is 0 Å². The molecule has 0 nitrogen and oxygen atoms in total. The van der Waals surface area contributed by atoms with E-state index in [4.69, 9.17) is 0 Å². The van der Waals surface area contributed by atoms with Gasteiger partial charge in [0.25, 0.3) is 5.92 Å². The maximum Gasteiger partial charge on any atom is 0.298 e. The van der Waals surface area contributed by atoms with Gasteiger partial charge in [0, 0.05) is 11.1 Å². The molecule has 0 heterocycles. The summed E-state index contributed by atoms with van der Waals surface area (Å²) in [6, 6.07) is 12.7. The number of aryl methyl sites for hydroxylation is 2. The molecule has 0 bridgehead atoms. The topological polar surface area (TPSA) is 0 Å². The lowest BCUT2D eigenvalue weighted by Gasteiger charge is -2.18. The molecule has 0 aliphatic rings. The van der Waals surface area contributed by atoms with Gasteiger partial charge in [-0.2, -0.15) is 8.78 Å². The molecule has 0 aliphatic heterocycles. The van der Waals surface area contributed by atoms with Crippen molar-refractivity contribution >= 4 is 0 Å². The largest absolute Gasteiger partial charge is 0.298 e. The molecule has 2 aromatic rings. The highest BCUT2D eigenvalue weighted by molar-refractivity contribution is 5.38. The number of hydrogen-bond donors (Lipinski definition) is 0. The van der Waals surface area contributed by atoms with E-state index in [1.807, 2.05) is 13.8 Å². The molecule has 0 unspecified atom stereocenters. The molecule has 88 valence electrons. The number of hydrogen-bond acceptors (Lipinski definition) is 0. The average Bonchev–Trinajstić information content (AvgIpc) is 2.33. The lowest BCUT2D eigenvalue weighted by Crippen LogP contribution is -2.15. The van der Waals surface area contributed by atoms with Crippen molar-refractivity contribution < 1.29 is 8.78 Å². The fourth-order valence-corrected chi connectivity index (χ4v) is 1.75. The fourth-order valence-electron chi connectivity index (χ4n) is 1.75. The van der Waals surface area contributed by atoms with Gasteiger partial charge in [-0.15, -0.1) is 0 Å². The molecular formula is C15H14F2. The molecule has 0 aromatic heterocycles. The van der Waals surface area contributed by atoms with Crippen LogP contribution >= 0.6 is 0 Å². The first-order valence-electron chi connectivity index (χ1n) is 5.53. The Hall–Kier alpha value is -1.70. The summed E-state index contributed by atoms with van der Waals surface area (Å²) in [7, 11) is 0. The molecule has 17 heavy (non-hydrogen) atoms. The van der Waals surface area contributed by atoms with Crippen molar-refractivity contribution in [1.29, 1.82) is 0 Å². The zero-order chi connectivity index (χ0) is 12.5. The molecule has 0 aliphatic carbocycles. The zero-order valence-corrected chi connectivity index (χ0v) is 9.87. The minimum Gasteiger partial charge on any atom is -0.196 e. The molecule has 0 atom stereocenters. The van der Waals surface area contributed by atoms with Crippen LogP contribution < -0.4 is 0 Å². The summed E-state index contributed by atoms with van der Waals surface area (Å²) < 4.78 is 28.4. The van der Waals surface area contributed by atoms with Gasteiger partial charge in [0.1, 0.15) is 0 Å². The summed E-state index contributed by atoms with van der Waals surface area (Å²) in [6.07, 6.45) is 0. The summed E-state index contributed by atoms with van der Waals surface area (Å²) in [5.41, 5.74) is 1.99. The van der Waals surface area contributed by atoms with Crippen LogP contribution in [0.3, 0.4) is 0 Å². The van der Waals surface area contributed by atoms with Gasteiger partial charge in [-0.1, -0.05) is 42.5 Å². The third-order valence-electron chi connectivity index (χ3n) is 3.01. The van der Waals surface area contributed by atoms with Gasteiger partial charge in [0.15, 0.2) is 0 Å². The standard InChI is InChI=1S/C15H14F2/c1-11-8-9-14(10-12(11)2)15(16,17)13-6-4-3-5-7-13/h3-10H,1-2H3. The Kier molecular flexibility index (Phi) is 2.97. The Morgan fingerprint density at radius 1 is 0.765 bits per heavy atom. The maximum atomic E-state index is 14.2. The van der Waals surface area contributed by atoms with Crippen LogP contribution in [0.2, 0.25) is 0 Å². The van der Waals surface area contributed by atoms with Gasteiger partial charge in [0.2, 0.25) is 0 Å². The molecule has 2 rings (SSSR count). The molecule has 0 amide bonds. The highest BCUT2D eigenvalue weighted by atomic mass is 19.3. The van der Waals surface area contributed by atoms with Crippen molar-refractivity contribution in [3.8, 4) is 0 Å². The summed E-state index contributed by atoms with van der Waals surface area (Å²) in [4.78, 5) is 0. The summed E-state index contributed by atoms with van der Waals surface area (Å²) in [5.74, 6) is -2.93. The normalized spacial score (nSPS) is 11.5. The Labute approximate surface area is 99.9 Å². The van der Waals surface area contributed by atoms with Crippen molar-refractivity contribution in [2.45, 2.75) is 19.8 Å². The van der Waals surface area contributed by atoms with Gasteiger partial charge in [-0.25, -0.2) is 0 Å². The Morgan fingerprint density at radius 3 is 2.00 bits per heavy atom. The van der Waals surface area contributed by atoms with Gasteiger partial charge in [-0.3, -0.25) is 0 Å². The van der Waals surface area contributed by atoms with E-state index in [-0.39, 0.29) is 11.1 Å². The van der Waals surface area contributed by atoms with Gasteiger partial charge in [0.05, 0.1) is 0 Å². The number of benzene rings is 2. The Morgan fingerprint density at radius 2 is 1.41 bits per heavy atom. The van der Waals surface area contributed by atoms with Crippen LogP contribution in [-0.2, 0) is 5.92 Å². The quantitative estimate of drug-likeness (QED) is 0.718. The van der Waals surface area contributed by atoms with Crippen molar-refractivity contribution in [3.63, 3.8) is 0 Å². The van der Waals surface area contributed by atoms with E-state index in [1.54, 1.807) is 30.3 Å². The summed E-state index contributed by atoms with van der Waals surface area (Å²) in [6.45, 7) is 3.76. The van der Waals surface area contributed by atoms with Crippen LogP contribution in [0.15, 0.2) is 48.5 Å². The molecule has 0 spiro atoms. The van der Waals surface area contributed by atoms with Gasteiger partial charge in [-0.05, 0) is 31.0 Å². The average molecular weight is 232 g/mol. The van der Waals surface area contributed by atoms with Crippen LogP contribution in [0.4, 0.5) is 8.78 Å². The molecule has 0 fully saturated rings. The summed E-state index contributed by atoms with van der Waals surface area (Å²) >= 11 is 0. The lowest BCUT2D eigenvalue weighted by atomic mass is 9.97. The van der Waals surface area contributed by atoms with Crippen molar-refractivity contribution in [2.24, 2.45) is 0 Å². The SMILES string of the molecule is Cc1ccc(C(F)(F)c2ccccc2)cc1C. The van der Waals surface area contributed by atoms with Crippen molar-refractivity contribution in [3.05, 3.63) is 70.8 Å². The van der Waals surface area contributed by atoms with Gasteiger partial charge >= 0.3 is 0 Å². The predicted molar refractivity (Wildman–Crippen MR) is 65.4 cm³/mol. The zero-order valence-electron chi connectivity index (χ0n) is 9.87. The van der Waals surface area contributed by atoms with E-state index in [9.17, 15) is 8.78 Å². The molecular weight excluding hydrogens is 218 g/mol. The highest BCUT2D eigenvalue weighted by Crippen LogP contribution is 2.35. The smallest absolute Gasteiger partial charge is 0.196 e. The van der Waals surface area contributed by atoms with E-state index in [2.05, 4.69) is 0 Å². The lowest BCUT2D eigenvalue weighted by molar-refractivity contribution is 0.0428. The van der Waals surface area contributed by atoms with E-state index in [1.165, 1.54) is 18.2 Å². The van der Waals surface area contributed by atoms with Crippen LogP contribution in [0.25, 0.3) is 0 Å². The van der Waals surface area contributed by atoms with E-state index < -0.39 is 5.92 Å². The van der Waals surface area contributed by atoms with Crippen LogP contribution in [-0.4, -0.2) is 0 Å². The van der Waals surface area contributed by atoms with Gasteiger partial charge < -0.3 is 0 Å². The first-order valence-corrected chi connectivity index (χ1v) is 5.53. The first-order chi connectivity index (χ1) is 8.01. The molecule has 2 heteroatoms. The van der Waals surface area contributed by atoms with Crippen LogP contribution in [0.1, 0.15) is 22.3 Å². The Balaban J connectivity index is 2.48. The highest BCUT2D eigenvalue weighted by Gasteiger charge is 2.33. The minimum absolute atomic E-state index is 0.0308. The number of rotatable bonds is 2. The third-order valence-corrected chi connectivity index (χ3v) is 3.01. The summed E-state index contributed by atoms with van der Waals surface area (Å²) in [5, 5.41) is 0. The van der Waals surface area contributed by atoms with Crippen LogP contribution in [0, 0.1) is 13.8 Å². The Bertz CT molecular complexity index is 516. The second-order valence-corrected chi connectivity index (χ2v) is 4.24. The molecule has 0 saturated heterocycles. The molecule has 0 saturated carbocycles. The van der Waals surface area contributed by atoms with E-state index in [0.29, 0.717) is 0 Å². The van der Waals surface area contributed by atoms with E-state index >= 15 is 0 Å². The van der Waals surface area contributed by atoms with Crippen LogP contribution in [0.5, 0.6) is 0 Å². The number of halogens is 2. The second-order valence-electron chi connectivity index (χ2n) is 4.24. The first kappa shape index (κ1) is 11.8. The van der Waals surface area contributed by atoms with Crippen molar-refractivity contribution in [2.75, 3.05) is 0 Å². The molecule has 0 N–H and O–H groups in total. The monoisotopic (exact) mass is 232 g/mol. The number of alkyl halides is 2. The molecule has 0 radical (unpaired) electrons. The minimum atomic E-state index is -2.93. The second kappa shape index (κ2) is 4.28. The maximum absolute atomic E-state index is 14.2.